The fraction of sp³-hybridized carbons (Fsp3) is 0.0455. The molecule has 4 rings (SSSR count). The first kappa shape index (κ1) is 14.1. The van der Waals surface area contributed by atoms with Gasteiger partial charge < -0.3 is 0 Å². The number of hydrogen-bond donors (Lipinski definition) is 0. The van der Waals surface area contributed by atoms with E-state index in [-0.39, 0.29) is 0 Å². The first-order valence-electron chi connectivity index (χ1n) is 8.10. The quantitative estimate of drug-likeness (QED) is 0.512. The average molecular weight is 311 g/mol. The second-order valence-electron chi connectivity index (χ2n) is 6.01. The van der Waals surface area contributed by atoms with Crippen LogP contribution in [-0.4, -0.2) is 8.07 Å². The highest BCUT2D eigenvalue weighted by Crippen LogP contribution is 2.28. The summed E-state index contributed by atoms with van der Waals surface area (Å²) >= 11 is 0. The van der Waals surface area contributed by atoms with E-state index in [2.05, 4.69) is 109 Å². The van der Waals surface area contributed by atoms with Gasteiger partial charge >= 0.3 is 0 Å². The second-order valence-corrected chi connectivity index (χ2v) is 10.0. The van der Waals surface area contributed by atoms with E-state index in [9.17, 15) is 0 Å². The number of rotatable bonds is 4. The van der Waals surface area contributed by atoms with E-state index >= 15 is 0 Å². The van der Waals surface area contributed by atoms with E-state index in [4.69, 9.17) is 0 Å². The monoisotopic (exact) mass is 311 g/mol. The van der Waals surface area contributed by atoms with Crippen LogP contribution in [0.15, 0.2) is 109 Å². The smallest absolute Gasteiger partial charge is 0.102 e. The Morgan fingerprint density at radius 1 is 0.609 bits per heavy atom. The number of allylic oxidation sites excluding steroid dienone is 4. The summed E-state index contributed by atoms with van der Waals surface area (Å²) in [6.45, 7) is 0. The lowest BCUT2D eigenvalue weighted by Gasteiger charge is -2.40. The zero-order valence-electron chi connectivity index (χ0n) is 13.0. The Kier molecular flexibility index (Phi) is 3.64. The van der Waals surface area contributed by atoms with Crippen molar-refractivity contribution >= 4 is 23.6 Å². The van der Waals surface area contributed by atoms with Gasteiger partial charge in [0, 0.05) is 0 Å². The molecule has 23 heavy (non-hydrogen) atoms. The Balaban J connectivity index is 2.06. The normalized spacial score (nSPS) is 14.4. The zero-order valence-corrected chi connectivity index (χ0v) is 14.0. The molecule has 1 aliphatic carbocycles. The van der Waals surface area contributed by atoms with Gasteiger partial charge in [0.2, 0.25) is 0 Å². The van der Waals surface area contributed by atoms with E-state index < -0.39 is 8.07 Å². The molecule has 3 aromatic carbocycles. The molecule has 1 heteroatoms. The van der Waals surface area contributed by atoms with Gasteiger partial charge in [-0.1, -0.05) is 95.3 Å². The summed E-state index contributed by atoms with van der Waals surface area (Å²) in [5, 5.41) is 4.42. The van der Waals surface area contributed by atoms with Gasteiger partial charge in [0.15, 0.2) is 0 Å². The molecular formula is C22H19Si-. The Hall–Kier alpha value is -2.51. The molecule has 0 spiro atoms. The summed E-state index contributed by atoms with van der Waals surface area (Å²) in [6.07, 6.45) is 9.14. The Morgan fingerprint density at radius 3 is 1.57 bits per heavy atom. The zero-order chi connectivity index (χ0) is 15.5. The molecule has 0 nitrogen and oxygen atoms in total. The SMILES string of the molecule is C1=CC([Si](c2ccccc2)(c2ccccc2)[c-]2cccc2)C=C1. The lowest BCUT2D eigenvalue weighted by molar-refractivity contribution is 1.34. The summed E-state index contributed by atoms with van der Waals surface area (Å²) < 4.78 is 0. The van der Waals surface area contributed by atoms with Crippen molar-refractivity contribution in [3.63, 3.8) is 0 Å². The van der Waals surface area contributed by atoms with Crippen molar-refractivity contribution in [2.75, 3.05) is 0 Å². The van der Waals surface area contributed by atoms with Crippen LogP contribution < -0.4 is 15.6 Å². The molecule has 3 aromatic rings. The first-order chi connectivity index (χ1) is 11.4. The topological polar surface area (TPSA) is 0 Å². The number of hydrogen-bond acceptors (Lipinski definition) is 0. The molecule has 112 valence electrons. The van der Waals surface area contributed by atoms with Gasteiger partial charge in [-0.15, -0.1) is 0 Å². The lowest BCUT2D eigenvalue weighted by atomic mass is 10.4. The van der Waals surface area contributed by atoms with Gasteiger partial charge in [0.25, 0.3) is 0 Å². The van der Waals surface area contributed by atoms with Crippen molar-refractivity contribution in [3.8, 4) is 0 Å². The fourth-order valence-corrected chi connectivity index (χ4v) is 8.95. The third-order valence-corrected chi connectivity index (χ3v) is 9.94. The van der Waals surface area contributed by atoms with Gasteiger partial charge in [-0.2, -0.15) is 17.3 Å². The van der Waals surface area contributed by atoms with Gasteiger partial charge in [0.1, 0.15) is 8.07 Å². The van der Waals surface area contributed by atoms with Crippen LogP contribution in [0.5, 0.6) is 0 Å². The highest BCUT2D eigenvalue weighted by Gasteiger charge is 2.41. The highest BCUT2D eigenvalue weighted by molar-refractivity contribution is 7.13. The van der Waals surface area contributed by atoms with E-state index in [1.165, 1.54) is 15.6 Å². The maximum Gasteiger partial charge on any atom is 0.102 e. The molecule has 0 bridgehead atoms. The molecule has 0 fully saturated rings. The predicted molar refractivity (Wildman–Crippen MR) is 102 cm³/mol. The van der Waals surface area contributed by atoms with Crippen molar-refractivity contribution < 1.29 is 0 Å². The summed E-state index contributed by atoms with van der Waals surface area (Å²) in [5.74, 6) is 0. The first-order valence-corrected chi connectivity index (χ1v) is 10.2. The van der Waals surface area contributed by atoms with Crippen LogP contribution in [-0.2, 0) is 0 Å². The third-order valence-electron chi connectivity index (χ3n) is 4.82. The molecule has 0 unspecified atom stereocenters. The predicted octanol–water partition coefficient (Wildman–Crippen LogP) is 3.37. The van der Waals surface area contributed by atoms with Crippen molar-refractivity contribution in [2.45, 2.75) is 5.54 Å². The molecule has 0 atom stereocenters. The third kappa shape index (κ3) is 2.25. The van der Waals surface area contributed by atoms with Crippen LogP contribution in [0.25, 0.3) is 0 Å². The Morgan fingerprint density at radius 2 is 1.09 bits per heavy atom. The standard InChI is InChI=1S/C22H19Si/c1-3-11-19(12-4-1)23(21-15-7-8-16-21,22-17-9-10-18-22)20-13-5-2-6-14-20/h1-18,21H/q-1. The highest BCUT2D eigenvalue weighted by atomic mass is 28.3. The molecule has 0 amide bonds. The minimum atomic E-state index is -2.11. The largest absolute Gasteiger partial charge is 0.214 e. The molecule has 0 radical (unpaired) electrons. The number of benzene rings is 2. The molecule has 0 N–H and O–H groups in total. The van der Waals surface area contributed by atoms with E-state index in [1.54, 1.807) is 0 Å². The van der Waals surface area contributed by atoms with Crippen LogP contribution in [0.4, 0.5) is 0 Å². The van der Waals surface area contributed by atoms with Gasteiger partial charge in [-0.3, -0.25) is 0 Å². The van der Waals surface area contributed by atoms with Crippen molar-refractivity contribution in [1.82, 2.24) is 0 Å². The second kappa shape index (κ2) is 5.94. The summed E-state index contributed by atoms with van der Waals surface area (Å²) in [5.41, 5.74) is 0.453. The van der Waals surface area contributed by atoms with Crippen LogP contribution in [0.1, 0.15) is 0 Å². The van der Waals surface area contributed by atoms with Gasteiger partial charge in [0.05, 0.1) is 0 Å². The molecule has 0 heterocycles. The molecule has 1 aliphatic rings. The Bertz CT molecular complexity index is 759. The van der Waals surface area contributed by atoms with E-state index in [1.807, 2.05) is 0 Å². The van der Waals surface area contributed by atoms with Crippen molar-refractivity contribution in [2.24, 2.45) is 0 Å². The molecule has 0 saturated heterocycles. The van der Waals surface area contributed by atoms with Crippen molar-refractivity contribution in [3.05, 3.63) is 109 Å². The average Bonchev–Trinajstić information content (AvgIpc) is 3.32. The van der Waals surface area contributed by atoms with E-state index in [0.29, 0.717) is 5.54 Å². The maximum atomic E-state index is 2.37. The summed E-state index contributed by atoms with van der Waals surface area (Å²) in [6, 6.07) is 31.1. The molecule has 0 aliphatic heterocycles. The summed E-state index contributed by atoms with van der Waals surface area (Å²) in [7, 11) is -2.11. The molecule has 0 saturated carbocycles. The molecule has 0 aromatic heterocycles. The van der Waals surface area contributed by atoms with Crippen LogP contribution in [0, 0.1) is 0 Å². The van der Waals surface area contributed by atoms with Crippen LogP contribution in [0.3, 0.4) is 0 Å². The van der Waals surface area contributed by atoms with Gasteiger partial charge in [-0.25, -0.2) is 12.1 Å². The Labute approximate surface area is 138 Å². The fourth-order valence-electron chi connectivity index (χ4n) is 3.84. The minimum absolute atomic E-state index is 0.453. The molecular weight excluding hydrogens is 292 g/mol. The van der Waals surface area contributed by atoms with Crippen LogP contribution >= 0.6 is 0 Å². The van der Waals surface area contributed by atoms with Gasteiger partial charge in [-0.05, 0) is 5.54 Å². The van der Waals surface area contributed by atoms with Crippen LogP contribution in [0.2, 0.25) is 5.54 Å². The minimum Gasteiger partial charge on any atom is -0.214 e. The van der Waals surface area contributed by atoms with Crippen molar-refractivity contribution in [1.29, 1.82) is 0 Å². The summed E-state index contributed by atoms with van der Waals surface area (Å²) in [4.78, 5) is 0. The lowest BCUT2D eigenvalue weighted by Crippen LogP contribution is -2.68. The maximum absolute atomic E-state index is 2.37. The van der Waals surface area contributed by atoms with E-state index in [0.717, 1.165) is 0 Å².